The van der Waals surface area contributed by atoms with Crippen molar-refractivity contribution in [1.29, 1.82) is 0 Å². The summed E-state index contributed by atoms with van der Waals surface area (Å²) in [6, 6.07) is 2.19. The highest BCUT2D eigenvalue weighted by molar-refractivity contribution is 5.92. The maximum Gasteiger partial charge on any atom is 0.272 e. The van der Waals surface area contributed by atoms with Gasteiger partial charge in [0.15, 0.2) is 0 Å². The number of carbonyl (C=O) groups excluding carboxylic acids is 1. The largest absolute Gasteiger partial charge is 0.351 e. The van der Waals surface area contributed by atoms with Crippen LogP contribution in [0, 0.1) is 0 Å². The van der Waals surface area contributed by atoms with Gasteiger partial charge in [-0.25, -0.2) is 9.97 Å². The van der Waals surface area contributed by atoms with E-state index in [1.807, 2.05) is 4.90 Å². The number of amides is 1. The SMILES string of the molecule is CCCN(CCC)C(=O)c1ccnc(NC2CC2)n1. The topological polar surface area (TPSA) is 58.1 Å². The molecule has 1 fully saturated rings. The van der Waals surface area contributed by atoms with Crippen molar-refractivity contribution >= 4 is 11.9 Å². The normalized spacial score (nSPS) is 14.2. The maximum absolute atomic E-state index is 12.4. The predicted molar refractivity (Wildman–Crippen MR) is 75.2 cm³/mol. The fraction of sp³-hybridized carbons (Fsp3) is 0.643. The molecule has 0 saturated heterocycles. The summed E-state index contributed by atoms with van der Waals surface area (Å²) in [7, 11) is 0. The summed E-state index contributed by atoms with van der Waals surface area (Å²) in [6.45, 7) is 5.72. The molecule has 0 bridgehead atoms. The van der Waals surface area contributed by atoms with Crippen molar-refractivity contribution in [2.24, 2.45) is 0 Å². The highest BCUT2D eigenvalue weighted by Crippen LogP contribution is 2.22. The smallest absolute Gasteiger partial charge is 0.272 e. The number of nitrogens with one attached hydrogen (secondary N) is 1. The summed E-state index contributed by atoms with van der Waals surface area (Å²) in [5.74, 6) is 0.575. The zero-order chi connectivity index (χ0) is 13.7. The molecule has 19 heavy (non-hydrogen) atoms. The quantitative estimate of drug-likeness (QED) is 0.819. The molecule has 1 heterocycles. The summed E-state index contributed by atoms with van der Waals surface area (Å²) in [4.78, 5) is 22.7. The van der Waals surface area contributed by atoms with Gasteiger partial charge >= 0.3 is 0 Å². The molecule has 2 rings (SSSR count). The van der Waals surface area contributed by atoms with Crippen LogP contribution in [0.15, 0.2) is 12.3 Å². The lowest BCUT2D eigenvalue weighted by atomic mass is 10.3. The molecule has 0 atom stereocenters. The maximum atomic E-state index is 12.4. The number of aromatic nitrogens is 2. The van der Waals surface area contributed by atoms with Gasteiger partial charge in [-0.05, 0) is 31.7 Å². The predicted octanol–water partition coefficient (Wildman–Crippen LogP) is 2.31. The van der Waals surface area contributed by atoms with Crippen LogP contribution in [0.5, 0.6) is 0 Å². The van der Waals surface area contributed by atoms with E-state index in [0.29, 0.717) is 17.7 Å². The average molecular weight is 262 g/mol. The van der Waals surface area contributed by atoms with E-state index >= 15 is 0 Å². The van der Waals surface area contributed by atoms with E-state index in [-0.39, 0.29) is 5.91 Å². The van der Waals surface area contributed by atoms with Gasteiger partial charge in [-0.2, -0.15) is 0 Å². The van der Waals surface area contributed by atoms with Gasteiger partial charge in [0, 0.05) is 25.3 Å². The minimum absolute atomic E-state index is 0.00458. The van der Waals surface area contributed by atoms with Gasteiger partial charge in [-0.3, -0.25) is 4.79 Å². The molecule has 0 radical (unpaired) electrons. The third kappa shape index (κ3) is 3.91. The standard InChI is InChI=1S/C14H22N4O/c1-3-9-18(10-4-2)13(19)12-7-8-15-14(17-12)16-11-5-6-11/h7-8,11H,3-6,9-10H2,1-2H3,(H,15,16,17). The molecule has 1 aliphatic carbocycles. The molecule has 1 aliphatic rings. The number of anilines is 1. The zero-order valence-electron chi connectivity index (χ0n) is 11.7. The molecular weight excluding hydrogens is 240 g/mol. The molecule has 104 valence electrons. The van der Waals surface area contributed by atoms with Gasteiger partial charge in [0.1, 0.15) is 5.69 Å². The second-order valence-electron chi connectivity index (χ2n) is 4.98. The molecule has 1 aromatic rings. The van der Waals surface area contributed by atoms with E-state index in [1.54, 1.807) is 12.3 Å². The van der Waals surface area contributed by atoms with E-state index in [9.17, 15) is 4.79 Å². The fourth-order valence-corrected chi connectivity index (χ4v) is 1.97. The van der Waals surface area contributed by atoms with Crippen LogP contribution in [-0.4, -0.2) is 39.9 Å². The van der Waals surface area contributed by atoms with Crippen LogP contribution in [0.25, 0.3) is 0 Å². The Labute approximate surface area is 114 Å². The van der Waals surface area contributed by atoms with Gasteiger partial charge in [-0.1, -0.05) is 13.8 Å². The Hall–Kier alpha value is -1.65. The minimum Gasteiger partial charge on any atom is -0.351 e. The summed E-state index contributed by atoms with van der Waals surface area (Å²) >= 11 is 0. The lowest BCUT2D eigenvalue weighted by molar-refractivity contribution is 0.0749. The highest BCUT2D eigenvalue weighted by atomic mass is 16.2. The molecule has 0 spiro atoms. The van der Waals surface area contributed by atoms with Gasteiger partial charge in [0.25, 0.3) is 5.91 Å². The number of hydrogen-bond donors (Lipinski definition) is 1. The molecule has 1 N–H and O–H groups in total. The molecular formula is C14H22N4O. The first-order valence-corrected chi connectivity index (χ1v) is 7.13. The molecule has 1 aromatic heterocycles. The summed E-state index contributed by atoms with van der Waals surface area (Å²) in [5.41, 5.74) is 0.486. The van der Waals surface area contributed by atoms with E-state index in [2.05, 4.69) is 29.1 Å². The van der Waals surface area contributed by atoms with Crippen LogP contribution in [0.3, 0.4) is 0 Å². The van der Waals surface area contributed by atoms with Crippen LogP contribution in [0.2, 0.25) is 0 Å². The number of carbonyl (C=O) groups is 1. The van der Waals surface area contributed by atoms with E-state index in [1.165, 1.54) is 12.8 Å². The Bertz CT molecular complexity index is 425. The zero-order valence-corrected chi connectivity index (χ0v) is 11.7. The monoisotopic (exact) mass is 262 g/mol. The van der Waals surface area contributed by atoms with Crippen molar-refractivity contribution in [3.8, 4) is 0 Å². The van der Waals surface area contributed by atoms with Crippen molar-refractivity contribution < 1.29 is 4.79 Å². The van der Waals surface area contributed by atoms with Crippen molar-refractivity contribution in [2.45, 2.75) is 45.6 Å². The molecule has 5 nitrogen and oxygen atoms in total. The van der Waals surface area contributed by atoms with E-state index in [0.717, 1.165) is 25.9 Å². The van der Waals surface area contributed by atoms with Gasteiger partial charge in [0.05, 0.1) is 0 Å². The summed E-state index contributed by atoms with van der Waals surface area (Å²) < 4.78 is 0. The molecule has 5 heteroatoms. The van der Waals surface area contributed by atoms with E-state index in [4.69, 9.17) is 0 Å². The van der Waals surface area contributed by atoms with Crippen LogP contribution in [0.4, 0.5) is 5.95 Å². The van der Waals surface area contributed by atoms with Gasteiger partial charge < -0.3 is 10.2 Å². The second kappa shape index (κ2) is 6.50. The molecule has 0 aliphatic heterocycles. The Balaban J connectivity index is 2.07. The van der Waals surface area contributed by atoms with E-state index < -0.39 is 0 Å². The van der Waals surface area contributed by atoms with Crippen molar-refractivity contribution in [3.05, 3.63) is 18.0 Å². The average Bonchev–Trinajstić information content (AvgIpc) is 3.22. The summed E-state index contributed by atoms with van der Waals surface area (Å²) in [6.07, 6.45) is 5.91. The van der Waals surface area contributed by atoms with Crippen LogP contribution >= 0.6 is 0 Å². The van der Waals surface area contributed by atoms with Crippen molar-refractivity contribution in [2.75, 3.05) is 18.4 Å². The van der Waals surface area contributed by atoms with Crippen LogP contribution in [-0.2, 0) is 0 Å². The first-order valence-electron chi connectivity index (χ1n) is 7.13. The van der Waals surface area contributed by atoms with Crippen LogP contribution in [0.1, 0.15) is 50.0 Å². The molecule has 0 unspecified atom stereocenters. The fourth-order valence-electron chi connectivity index (χ4n) is 1.97. The third-order valence-electron chi connectivity index (χ3n) is 3.06. The number of nitrogens with zero attached hydrogens (tertiary/aromatic N) is 3. The first kappa shape index (κ1) is 13.8. The lowest BCUT2D eigenvalue weighted by Crippen LogP contribution is -2.33. The molecule has 0 aromatic carbocycles. The minimum atomic E-state index is 0.00458. The number of rotatable bonds is 7. The van der Waals surface area contributed by atoms with Crippen LogP contribution < -0.4 is 5.32 Å². The van der Waals surface area contributed by atoms with Gasteiger partial charge in [0.2, 0.25) is 5.95 Å². The Morgan fingerprint density at radius 3 is 2.63 bits per heavy atom. The Kier molecular flexibility index (Phi) is 4.71. The Morgan fingerprint density at radius 1 is 1.37 bits per heavy atom. The summed E-state index contributed by atoms with van der Waals surface area (Å²) in [5, 5.41) is 3.22. The first-order chi connectivity index (χ1) is 9.24. The number of hydrogen-bond acceptors (Lipinski definition) is 4. The van der Waals surface area contributed by atoms with Gasteiger partial charge in [-0.15, -0.1) is 0 Å². The molecule has 1 saturated carbocycles. The second-order valence-corrected chi connectivity index (χ2v) is 4.98. The highest BCUT2D eigenvalue weighted by Gasteiger charge is 2.23. The molecule has 1 amide bonds. The Morgan fingerprint density at radius 2 is 2.05 bits per heavy atom. The third-order valence-corrected chi connectivity index (χ3v) is 3.06. The van der Waals surface area contributed by atoms with Crippen molar-refractivity contribution in [1.82, 2.24) is 14.9 Å². The lowest BCUT2D eigenvalue weighted by Gasteiger charge is -2.21. The van der Waals surface area contributed by atoms with Crippen molar-refractivity contribution in [3.63, 3.8) is 0 Å².